The first kappa shape index (κ1) is 19.1. The minimum absolute atomic E-state index is 0.165. The lowest BCUT2D eigenvalue weighted by atomic mass is 9.98. The SMILES string of the molecule is CC(=O)OC[C@H]1O[C@@H]2N=C(c3ccccc3I)O[C@@H]2[C@@H](O)[C@@H]1OC(C)=O. The Morgan fingerprint density at radius 1 is 1.27 bits per heavy atom. The largest absolute Gasteiger partial charge is 0.466 e. The zero-order chi connectivity index (χ0) is 18.8. The summed E-state index contributed by atoms with van der Waals surface area (Å²) in [5, 5.41) is 10.7. The van der Waals surface area contributed by atoms with Crippen molar-refractivity contribution in [3.8, 4) is 0 Å². The summed E-state index contributed by atoms with van der Waals surface area (Å²) in [5.74, 6) is -0.739. The van der Waals surface area contributed by atoms with E-state index in [9.17, 15) is 14.7 Å². The van der Waals surface area contributed by atoms with Gasteiger partial charge in [-0.1, -0.05) is 12.1 Å². The van der Waals surface area contributed by atoms with Crippen molar-refractivity contribution in [2.24, 2.45) is 4.99 Å². The highest BCUT2D eigenvalue weighted by Gasteiger charge is 2.52. The van der Waals surface area contributed by atoms with Gasteiger partial charge in [-0.15, -0.1) is 0 Å². The van der Waals surface area contributed by atoms with Gasteiger partial charge in [0.05, 0.1) is 0 Å². The molecule has 0 unspecified atom stereocenters. The van der Waals surface area contributed by atoms with Crippen molar-refractivity contribution in [2.45, 2.75) is 44.5 Å². The van der Waals surface area contributed by atoms with E-state index < -0.39 is 42.6 Å². The highest BCUT2D eigenvalue weighted by atomic mass is 127. The summed E-state index contributed by atoms with van der Waals surface area (Å²) < 4.78 is 22.7. The molecule has 26 heavy (non-hydrogen) atoms. The van der Waals surface area contributed by atoms with Crippen LogP contribution in [0.2, 0.25) is 0 Å². The lowest BCUT2D eigenvalue weighted by molar-refractivity contribution is -0.228. The maximum atomic E-state index is 11.4. The summed E-state index contributed by atoms with van der Waals surface area (Å²) in [4.78, 5) is 26.9. The van der Waals surface area contributed by atoms with Gasteiger partial charge in [0, 0.05) is 23.0 Å². The number of halogens is 1. The second-order valence-corrected chi connectivity index (χ2v) is 7.09. The van der Waals surface area contributed by atoms with Crippen molar-refractivity contribution in [3.05, 3.63) is 33.4 Å². The summed E-state index contributed by atoms with van der Waals surface area (Å²) in [6.45, 7) is 2.32. The van der Waals surface area contributed by atoms with E-state index in [0.29, 0.717) is 5.90 Å². The van der Waals surface area contributed by atoms with Gasteiger partial charge in [-0.2, -0.15) is 0 Å². The minimum Gasteiger partial charge on any atom is -0.466 e. The molecular weight excluding hydrogens is 457 g/mol. The number of aliphatic hydroxyl groups excluding tert-OH is 1. The number of carbonyl (C=O) groups is 2. The molecule has 0 saturated carbocycles. The standard InChI is InChI=1S/C17H18INO7/c1-8(20)23-7-12-14(24-9(2)21)13(22)15-17(25-12)19-16(26-15)10-5-3-4-6-11(10)18/h3-6,12-15,17,22H,7H2,1-2H3/t12-,13+,14-,15-,17+/m1/s1. The van der Waals surface area contributed by atoms with Crippen molar-refractivity contribution in [2.75, 3.05) is 6.61 Å². The quantitative estimate of drug-likeness (QED) is 0.513. The van der Waals surface area contributed by atoms with Crippen LogP contribution in [0.4, 0.5) is 0 Å². The van der Waals surface area contributed by atoms with Gasteiger partial charge in [-0.3, -0.25) is 9.59 Å². The van der Waals surface area contributed by atoms with Gasteiger partial charge < -0.3 is 24.1 Å². The Morgan fingerprint density at radius 2 is 2.00 bits per heavy atom. The van der Waals surface area contributed by atoms with Gasteiger partial charge in [0.15, 0.2) is 18.4 Å². The smallest absolute Gasteiger partial charge is 0.303 e. The molecule has 2 aliphatic heterocycles. The third-order valence-corrected chi connectivity index (χ3v) is 4.92. The van der Waals surface area contributed by atoms with Gasteiger partial charge in [0.1, 0.15) is 18.8 Å². The second-order valence-electron chi connectivity index (χ2n) is 5.93. The van der Waals surface area contributed by atoms with Crippen LogP contribution in [0.25, 0.3) is 0 Å². The second kappa shape index (κ2) is 7.89. The van der Waals surface area contributed by atoms with Gasteiger partial charge in [-0.05, 0) is 34.7 Å². The Bertz CT molecular complexity index is 738. The van der Waals surface area contributed by atoms with Crippen LogP contribution < -0.4 is 0 Å². The molecule has 1 aromatic carbocycles. The molecule has 0 spiro atoms. The van der Waals surface area contributed by atoms with E-state index in [1.54, 1.807) is 0 Å². The van der Waals surface area contributed by atoms with Crippen molar-refractivity contribution in [1.29, 1.82) is 0 Å². The molecule has 1 saturated heterocycles. The number of aliphatic imine (C=N–C) groups is 1. The molecule has 3 rings (SSSR count). The third-order valence-electron chi connectivity index (χ3n) is 3.98. The average Bonchev–Trinajstić information content (AvgIpc) is 3.00. The summed E-state index contributed by atoms with van der Waals surface area (Å²) in [6, 6.07) is 7.51. The van der Waals surface area contributed by atoms with Crippen molar-refractivity contribution in [1.82, 2.24) is 0 Å². The van der Waals surface area contributed by atoms with Crippen molar-refractivity contribution < 1.29 is 33.6 Å². The summed E-state index contributed by atoms with van der Waals surface area (Å²) in [5.41, 5.74) is 0.777. The molecule has 140 valence electrons. The number of benzene rings is 1. The molecule has 8 nitrogen and oxygen atoms in total. The number of rotatable bonds is 4. The zero-order valence-electron chi connectivity index (χ0n) is 14.1. The predicted octanol–water partition coefficient (Wildman–Crippen LogP) is 1.02. The molecule has 0 bridgehead atoms. The number of esters is 2. The van der Waals surface area contributed by atoms with Gasteiger partial charge in [0.25, 0.3) is 0 Å². The number of nitrogens with zero attached hydrogens (tertiary/aromatic N) is 1. The van der Waals surface area contributed by atoms with Gasteiger partial charge in [0.2, 0.25) is 5.90 Å². The summed E-state index contributed by atoms with van der Waals surface area (Å²) in [6.07, 6.45) is -4.67. The van der Waals surface area contributed by atoms with Crippen molar-refractivity contribution in [3.63, 3.8) is 0 Å². The van der Waals surface area contributed by atoms with Crippen LogP contribution in [0.5, 0.6) is 0 Å². The van der Waals surface area contributed by atoms with E-state index in [1.807, 2.05) is 24.3 Å². The molecule has 5 atom stereocenters. The predicted molar refractivity (Wildman–Crippen MR) is 97.4 cm³/mol. The number of aliphatic hydroxyl groups is 1. The molecule has 9 heteroatoms. The number of carbonyl (C=O) groups excluding carboxylic acids is 2. The van der Waals surface area contributed by atoms with E-state index in [2.05, 4.69) is 27.6 Å². The van der Waals surface area contributed by atoms with Crippen LogP contribution in [0.1, 0.15) is 19.4 Å². The maximum Gasteiger partial charge on any atom is 0.303 e. The first-order valence-corrected chi connectivity index (χ1v) is 9.08. The van der Waals surface area contributed by atoms with E-state index in [1.165, 1.54) is 13.8 Å². The fraction of sp³-hybridized carbons (Fsp3) is 0.471. The molecule has 1 N–H and O–H groups in total. The highest BCUT2D eigenvalue weighted by molar-refractivity contribution is 14.1. The fourth-order valence-corrected chi connectivity index (χ4v) is 3.47. The minimum atomic E-state index is -1.18. The molecule has 0 aromatic heterocycles. The summed E-state index contributed by atoms with van der Waals surface area (Å²) in [7, 11) is 0. The Labute approximate surface area is 163 Å². The van der Waals surface area contributed by atoms with Crippen LogP contribution >= 0.6 is 22.6 Å². The average molecular weight is 475 g/mol. The Morgan fingerprint density at radius 3 is 2.65 bits per heavy atom. The van der Waals surface area contributed by atoms with Crippen molar-refractivity contribution >= 4 is 40.4 Å². The Balaban J connectivity index is 1.83. The van der Waals surface area contributed by atoms with Crippen LogP contribution in [0.3, 0.4) is 0 Å². The van der Waals surface area contributed by atoms with Crippen LogP contribution in [0, 0.1) is 3.57 Å². The third kappa shape index (κ3) is 3.99. The molecule has 1 aromatic rings. The first-order chi connectivity index (χ1) is 12.4. The van der Waals surface area contributed by atoms with Crippen LogP contribution in [-0.2, 0) is 28.5 Å². The fourth-order valence-electron chi connectivity index (χ4n) is 2.85. The van der Waals surface area contributed by atoms with E-state index in [-0.39, 0.29) is 6.61 Å². The lowest BCUT2D eigenvalue weighted by Gasteiger charge is -2.39. The van der Waals surface area contributed by atoms with Crippen LogP contribution in [-0.4, -0.2) is 60.2 Å². The van der Waals surface area contributed by atoms with Crippen LogP contribution in [0.15, 0.2) is 29.3 Å². The number of hydrogen-bond donors (Lipinski definition) is 1. The molecule has 0 amide bonds. The molecule has 1 fully saturated rings. The van der Waals surface area contributed by atoms with E-state index in [4.69, 9.17) is 18.9 Å². The molecule has 0 radical (unpaired) electrons. The molecule has 0 aliphatic carbocycles. The van der Waals surface area contributed by atoms with Gasteiger partial charge >= 0.3 is 11.9 Å². The Kier molecular flexibility index (Phi) is 5.78. The first-order valence-electron chi connectivity index (χ1n) is 8.00. The van der Waals surface area contributed by atoms with E-state index in [0.717, 1.165) is 9.13 Å². The molecular formula is C17H18INO7. The topological polar surface area (TPSA) is 104 Å². The highest BCUT2D eigenvalue weighted by Crippen LogP contribution is 2.32. The Hall–Kier alpha value is -1.72. The lowest BCUT2D eigenvalue weighted by Crippen LogP contribution is -2.59. The van der Waals surface area contributed by atoms with Gasteiger partial charge in [-0.25, -0.2) is 4.99 Å². The zero-order valence-corrected chi connectivity index (χ0v) is 16.3. The number of fused-ring (bicyclic) bond motifs is 1. The maximum absolute atomic E-state index is 11.4. The molecule has 2 heterocycles. The monoisotopic (exact) mass is 475 g/mol. The number of hydrogen-bond acceptors (Lipinski definition) is 8. The van der Waals surface area contributed by atoms with E-state index >= 15 is 0 Å². The molecule has 2 aliphatic rings. The summed E-state index contributed by atoms with van der Waals surface area (Å²) >= 11 is 2.16. The number of ether oxygens (including phenoxy) is 4. The normalized spacial score (nSPS) is 30.0.